The van der Waals surface area contributed by atoms with Crippen molar-refractivity contribution in [3.05, 3.63) is 48.5 Å². The van der Waals surface area contributed by atoms with Crippen molar-refractivity contribution in [3.63, 3.8) is 0 Å². The van der Waals surface area contributed by atoms with Crippen LogP contribution in [0.5, 0.6) is 0 Å². The van der Waals surface area contributed by atoms with Crippen molar-refractivity contribution in [2.45, 2.75) is 105 Å². The van der Waals surface area contributed by atoms with Crippen molar-refractivity contribution in [1.82, 2.24) is 5.32 Å². The summed E-state index contributed by atoms with van der Waals surface area (Å²) in [7, 11) is 0. The summed E-state index contributed by atoms with van der Waals surface area (Å²) in [6.45, 7) is 19.3. The molecule has 5 aliphatic carbocycles. The summed E-state index contributed by atoms with van der Waals surface area (Å²) in [5, 5.41) is 14.0. The number of rotatable bonds is 4. The molecule has 1 aromatic rings. The average molecular weight is 520 g/mol. The Kier molecular flexibility index (Phi) is 6.15. The fourth-order valence-corrected chi connectivity index (χ4v) is 11.5. The molecule has 2 N–H and O–H groups in total. The second-order valence-corrected chi connectivity index (χ2v) is 14.7. The van der Waals surface area contributed by atoms with Crippen LogP contribution in [0.1, 0.15) is 97.7 Å². The van der Waals surface area contributed by atoms with E-state index in [1.807, 2.05) is 12.1 Å². The lowest BCUT2D eigenvalue weighted by atomic mass is 9.33. The molecule has 1 amide bonds. The van der Waals surface area contributed by atoms with Gasteiger partial charge in [-0.2, -0.15) is 0 Å². The lowest BCUT2D eigenvalue weighted by molar-refractivity contribution is -0.220. The van der Waals surface area contributed by atoms with Crippen LogP contribution in [0, 0.1) is 51.2 Å². The van der Waals surface area contributed by atoms with E-state index in [4.69, 9.17) is 4.42 Å². The molecule has 0 spiro atoms. The average Bonchev–Trinajstić information content (AvgIpc) is 3.54. The maximum Gasteiger partial charge on any atom is 0.226 e. The molecule has 0 saturated heterocycles. The molecule has 6 rings (SSSR count). The number of aliphatic hydroxyl groups is 1. The first-order valence-corrected chi connectivity index (χ1v) is 15.3. The molecule has 0 aromatic carbocycles. The third kappa shape index (κ3) is 3.40. The van der Waals surface area contributed by atoms with E-state index in [1.165, 1.54) is 24.8 Å². The van der Waals surface area contributed by atoms with E-state index in [0.717, 1.165) is 56.3 Å². The van der Waals surface area contributed by atoms with Crippen molar-refractivity contribution in [2.75, 3.05) is 0 Å². The van der Waals surface area contributed by atoms with Crippen LogP contribution in [0.4, 0.5) is 0 Å². The predicted octanol–water partition coefficient (Wildman–Crippen LogP) is 7.44. The zero-order valence-corrected chi connectivity index (χ0v) is 24.2. The highest BCUT2D eigenvalue weighted by Crippen LogP contribution is 2.76. The quantitative estimate of drug-likeness (QED) is 0.406. The van der Waals surface area contributed by atoms with Gasteiger partial charge in [0, 0.05) is 0 Å². The van der Waals surface area contributed by atoms with Crippen LogP contribution >= 0.6 is 0 Å². The molecule has 0 aliphatic heterocycles. The standard InChI is InChI=1S/C34H49NO3/c1-21(2)24-11-16-34(30(37)35-20-23-8-7-19-38-23)18-17-32(5)26(29(24)34)9-10-28-31(4)14-13-27(36)22(3)25(31)12-15-33(28,32)6/h7-8,19,24-29,36H,1,3,9-18,20H2,2,4-6H3,(H,35,37)/t24-,25-,26+,27-,28+,29+,31-,32+,33+,34-/m0/s1. The molecular weight excluding hydrogens is 470 g/mol. The van der Waals surface area contributed by atoms with Crippen LogP contribution in [-0.4, -0.2) is 17.1 Å². The monoisotopic (exact) mass is 519 g/mol. The van der Waals surface area contributed by atoms with Crippen LogP contribution in [0.25, 0.3) is 0 Å². The summed E-state index contributed by atoms with van der Waals surface area (Å²) < 4.78 is 5.53. The van der Waals surface area contributed by atoms with Gasteiger partial charge < -0.3 is 14.8 Å². The highest BCUT2D eigenvalue weighted by molar-refractivity contribution is 5.83. The number of carbonyl (C=O) groups is 1. The van der Waals surface area contributed by atoms with Gasteiger partial charge in [0.05, 0.1) is 24.3 Å². The number of hydrogen-bond donors (Lipinski definition) is 2. The van der Waals surface area contributed by atoms with Crippen molar-refractivity contribution >= 4 is 5.91 Å². The summed E-state index contributed by atoms with van der Waals surface area (Å²) in [6, 6.07) is 3.83. The molecule has 0 radical (unpaired) electrons. The lowest BCUT2D eigenvalue weighted by Gasteiger charge is -2.71. The number of nitrogens with one attached hydrogen (secondary N) is 1. The van der Waals surface area contributed by atoms with E-state index in [1.54, 1.807) is 6.26 Å². The van der Waals surface area contributed by atoms with E-state index in [2.05, 4.69) is 46.2 Å². The molecule has 4 heteroatoms. The van der Waals surface area contributed by atoms with Crippen LogP contribution in [0.2, 0.25) is 0 Å². The minimum absolute atomic E-state index is 0.203. The van der Waals surface area contributed by atoms with Crippen LogP contribution in [-0.2, 0) is 11.3 Å². The van der Waals surface area contributed by atoms with Gasteiger partial charge in [0.2, 0.25) is 5.91 Å². The summed E-state index contributed by atoms with van der Waals surface area (Å²) in [4.78, 5) is 14.1. The molecule has 0 bridgehead atoms. The zero-order valence-electron chi connectivity index (χ0n) is 24.2. The van der Waals surface area contributed by atoms with Gasteiger partial charge in [-0.25, -0.2) is 0 Å². The highest BCUT2D eigenvalue weighted by Gasteiger charge is 2.70. The van der Waals surface area contributed by atoms with E-state index >= 15 is 0 Å². The van der Waals surface area contributed by atoms with Gasteiger partial charge in [0.1, 0.15) is 5.76 Å². The first kappa shape index (κ1) is 26.4. The Bertz CT molecular complexity index is 1120. The van der Waals surface area contributed by atoms with Gasteiger partial charge in [0.15, 0.2) is 0 Å². The number of fused-ring (bicyclic) bond motifs is 7. The van der Waals surface area contributed by atoms with Gasteiger partial charge in [0.25, 0.3) is 0 Å². The molecule has 5 fully saturated rings. The maximum absolute atomic E-state index is 14.1. The molecule has 0 unspecified atom stereocenters. The van der Waals surface area contributed by atoms with Crippen molar-refractivity contribution in [1.29, 1.82) is 0 Å². The van der Waals surface area contributed by atoms with Crippen LogP contribution in [0.15, 0.2) is 47.1 Å². The second kappa shape index (κ2) is 8.85. The Morgan fingerprint density at radius 2 is 1.84 bits per heavy atom. The first-order chi connectivity index (χ1) is 18.0. The van der Waals surface area contributed by atoms with Crippen LogP contribution in [0.3, 0.4) is 0 Å². The molecule has 10 atom stereocenters. The van der Waals surface area contributed by atoms with Crippen LogP contribution < -0.4 is 5.32 Å². The normalized spacial score (nSPS) is 47.9. The Labute approximate surface area is 229 Å². The smallest absolute Gasteiger partial charge is 0.226 e. The Morgan fingerprint density at radius 1 is 1.05 bits per heavy atom. The Balaban J connectivity index is 1.34. The zero-order chi connectivity index (χ0) is 27.1. The molecule has 5 aliphatic rings. The maximum atomic E-state index is 14.1. The third-order valence-corrected chi connectivity index (χ3v) is 13.6. The number of hydrogen-bond acceptors (Lipinski definition) is 3. The number of amides is 1. The minimum atomic E-state index is -0.325. The molecule has 4 nitrogen and oxygen atoms in total. The fraction of sp³-hybridized carbons (Fsp3) is 0.735. The molecule has 208 valence electrons. The minimum Gasteiger partial charge on any atom is -0.467 e. The van der Waals surface area contributed by atoms with Crippen molar-refractivity contribution in [2.24, 2.45) is 51.2 Å². The van der Waals surface area contributed by atoms with Crippen molar-refractivity contribution in [3.8, 4) is 0 Å². The fourth-order valence-electron chi connectivity index (χ4n) is 11.5. The summed E-state index contributed by atoms with van der Waals surface area (Å²) >= 11 is 0. The molecule has 38 heavy (non-hydrogen) atoms. The topological polar surface area (TPSA) is 62.5 Å². The van der Waals surface area contributed by atoms with Gasteiger partial charge in [-0.1, -0.05) is 39.5 Å². The SMILES string of the molecule is C=C(C)[C@@H]1CC[C@]2(C(=O)NCc3ccco3)CC[C@]3(C)[C@H](CC[C@@H]4[C@@]5(C)CC[C@H](O)C(=C)[C@@H]5CC[C@]43C)[C@@H]12. The molecule has 5 saturated carbocycles. The predicted molar refractivity (Wildman–Crippen MR) is 151 cm³/mol. The summed E-state index contributed by atoms with van der Waals surface area (Å²) in [5.41, 5.74) is 2.73. The summed E-state index contributed by atoms with van der Waals surface area (Å²) in [5.74, 6) is 3.46. The largest absolute Gasteiger partial charge is 0.467 e. The van der Waals surface area contributed by atoms with Gasteiger partial charge in [-0.3, -0.25) is 4.79 Å². The number of allylic oxidation sites excluding steroid dienone is 1. The van der Waals surface area contributed by atoms with E-state index in [9.17, 15) is 9.90 Å². The number of carbonyl (C=O) groups excluding carboxylic acids is 1. The van der Waals surface area contributed by atoms with Crippen molar-refractivity contribution < 1.29 is 14.3 Å². The summed E-state index contributed by atoms with van der Waals surface area (Å²) in [6.07, 6.45) is 12.3. The molecule has 1 aromatic heterocycles. The van der Waals surface area contributed by atoms with Gasteiger partial charge in [-0.05, 0) is 135 Å². The number of furan rings is 1. The Morgan fingerprint density at radius 3 is 2.55 bits per heavy atom. The third-order valence-electron chi connectivity index (χ3n) is 13.6. The lowest BCUT2D eigenvalue weighted by Crippen LogP contribution is -2.65. The van der Waals surface area contributed by atoms with E-state index in [0.29, 0.717) is 36.1 Å². The second-order valence-electron chi connectivity index (χ2n) is 14.7. The first-order valence-electron chi connectivity index (χ1n) is 15.3. The van der Waals surface area contributed by atoms with E-state index in [-0.39, 0.29) is 33.7 Å². The number of aliphatic hydroxyl groups excluding tert-OH is 1. The Hall–Kier alpha value is -1.81. The van der Waals surface area contributed by atoms with E-state index < -0.39 is 0 Å². The van der Waals surface area contributed by atoms with Gasteiger partial charge >= 0.3 is 0 Å². The molecule has 1 heterocycles. The molecular formula is C34H49NO3. The highest BCUT2D eigenvalue weighted by atomic mass is 16.3. The van der Waals surface area contributed by atoms with Gasteiger partial charge in [-0.15, -0.1) is 0 Å².